The number of carboxylic acids is 1. The fraction of sp³-hybridized carbons (Fsp3) is 0.417. The van der Waals surface area contributed by atoms with Gasteiger partial charge in [-0.1, -0.05) is 0 Å². The predicted octanol–water partition coefficient (Wildman–Crippen LogP) is 0.555. The second-order valence-corrected chi connectivity index (χ2v) is 5.75. The molecule has 0 radical (unpaired) electrons. The number of hydrogen-bond acceptors (Lipinski definition) is 4. The first-order valence-electron chi connectivity index (χ1n) is 5.73. The van der Waals surface area contributed by atoms with Crippen molar-refractivity contribution in [1.29, 1.82) is 0 Å². The molecule has 1 N–H and O–H groups in total. The Kier molecular flexibility index (Phi) is 3.57. The van der Waals surface area contributed by atoms with E-state index in [1.54, 1.807) is 13.1 Å². The van der Waals surface area contributed by atoms with Crippen molar-refractivity contribution in [3.8, 4) is 0 Å². The standard InChI is InChI=1S/C12H14N2O4S/c1-7-8(3-9(19-7)12(17)18)4-14-6-10(15)13(2)5-11(14)16/h3H,4-6H2,1-2H3,(H,17,18). The van der Waals surface area contributed by atoms with E-state index in [0.717, 1.165) is 10.4 Å². The summed E-state index contributed by atoms with van der Waals surface area (Å²) in [6.45, 7) is 2.23. The molecule has 1 aliphatic rings. The first kappa shape index (κ1) is 13.5. The van der Waals surface area contributed by atoms with Gasteiger partial charge in [-0.15, -0.1) is 11.3 Å². The smallest absolute Gasteiger partial charge is 0.345 e. The monoisotopic (exact) mass is 282 g/mol. The number of likely N-dealkylation sites (N-methyl/N-ethyl adjacent to an activating group) is 1. The van der Waals surface area contributed by atoms with Gasteiger partial charge in [0, 0.05) is 18.5 Å². The van der Waals surface area contributed by atoms with Crippen LogP contribution in [0.1, 0.15) is 20.1 Å². The predicted molar refractivity (Wildman–Crippen MR) is 69.1 cm³/mol. The van der Waals surface area contributed by atoms with Crippen molar-refractivity contribution < 1.29 is 19.5 Å². The Morgan fingerprint density at radius 2 is 2.05 bits per heavy atom. The van der Waals surface area contributed by atoms with Crippen LogP contribution in [-0.4, -0.2) is 52.8 Å². The van der Waals surface area contributed by atoms with Crippen LogP contribution in [0, 0.1) is 6.92 Å². The van der Waals surface area contributed by atoms with Crippen LogP contribution in [0.2, 0.25) is 0 Å². The lowest BCUT2D eigenvalue weighted by molar-refractivity contribution is -0.149. The molecule has 0 unspecified atom stereocenters. The largest absolute Gasteiger partial charge is 0.477 e. The van der Waals surface area contributed by atoms with Crippen LogP contribution < -0.4 is 0 Å². The van der Waals surface area contributed by atoms with Gasteiger partial charge in [-0.2, -0.15) is 0 Å². The minimum absolute atomic E-state index is 0.0486. The Morgan fingerprint density at radius 3 is 2.63 bits per heavy atom. The van der Waals surface area contributed by atoms with Gasteiger partial charge in [-0.05, 0) is 18.6 Å². The molecule has 0 spiro atoms. The molecule has 2 amide bonds. The summed E-state index contributed by atoms with van der Waals surface area (Å²) in [5, 5.41) is 8.93. The minimum Gasteiger partial charge on any atom is -0.477 e. The number of rotatable bonds is 3. The third-order valence-electron chi connectivity index (χ3n) is 3.07. The summed E-state index contributed by atoms with van der Waals surface area (Å²) in [7, 11) is 1.59. The van der Waals surface area contributed by atoms with Crippen LogP contribution >= 0.6 is 11.3 Å². The average Bonchev–Trinajstić information content (AvgIpc) is 2.68. The van der Waals surface area contributed by atoms with Crippen LogP contribution in [0.25, 0.3) is 0 Å². The lowest BCUT2D eigenvalue weighted by Gasteiger charge is -2.31. The van der Waals surface area contributed by atoms with E-state index in [-0.39, 0.29) is 36.3 Å². The van der Waals surface area contributed by atoms with E-state index >= 15 is 0 Å². The van der Waals surface area contributed by atoms with Crippen molar-refractivity contribution in [2.24, 2.45) is 0 Å². The van der Waals surface area contributed by atoms with E-state index in [2.05, 4.69) is 0 Å². The zero-order valence-electron chi connectivity index (χ0n) is 10.7. The molecule has 2 heterocycles. The van der Waals surface area contributed by atoms with Crippen molar-refractivity contribution >= 4 is 29.1 Å². The van der Waals surface area contributed by atoms with E-state index in [9.17, 15) is 14.4 Å². The van der Waals surface area contributed by atoms with Gasteiger partial charge in [0.15, 0.2) is 0 Å². The summed E-state index contributed by atoms with van der Waals surface area (Å²) < 4.78 is 0. The van der Waals surface area contributed by atoms with Gasteiger partial charge in [0.2, 0.25) is 11.8 Å². The highest BCUT2D eigenvalue weighted by Crippen LogP contribution is 2.23. The van der Waals surface area contributed by atoms with Gasteiger partial charge in [-0.3, -0.25) is 9.59 Å². The summed E-state index contributed by atoms with van der Waals surface area (Å²) in [5.41, 5.74) is 0.785. The van der Waals surface area contributed by atoms with Crippen LogP contribution in [0.3, 0.4) is 0 Å². The number of aromatic carboxylic acids is 1. The quantitative estimate of drug-likeness (QED) is 0.878. The third kappa shape index (κ3) is 2.76. The minimum atomic E-state index is -0.972. The fourth-order valence-electron chi connectivity index (χ4n) is 1.90. The second-order valence-electron chi connectivity index (χ2n) is 4.50. The molecule has 2 rings (SSSR count). The molecule has 0 bridgehead atoms. The number of carbonyl (C=O) groups is 3. The Bertz CT molecular complexity index is 552. The molecule has 0 atom stereocenters. The highest BCUT2D eigenvalue weighted by molar-refractivity contribution is 7.14. The van der Waals surface area contributed by atoms with Crippen molar-refractivity contribution in [2.45, 2.75) is 13.5 Å². The number of nitrogens with zero attached hydrogens (tertiary/aromatic N) is 2. The van der Waals surface area contributed by atoms with Gasteiger partial charge >= 0.3 is 5.97 Å². The van der Waals surface area contributed by atoms with Gasteiger partial charge < -0.3 is 14.9 Å². The first-order valence-corrected chi connectivity index (χ1v) is 6.54. The number of carboxylic acid groups (broad SMARTS) is 1. The molecule has 1 aromatic heterocycles. The normalized spacial score (nSPS) is 16.1. The molecular formula is C12H14N2O4S. The SMILES string of the molecule is Cc1sc(C(=O)O)cc1CN1CC(=O)N(C)CC1=O. The Labute approximate surface area is 114 Å². The molecule has 0 aliphatic carbocycles. The third-order valence-corrected chi connectivity index (χ3v) is 4.15. The van der Waals surface area contributed by atoms with E-state index in [4.69, 9.17) is 5.11 Å². The molecule has 1 fully saturated rings. The van der Waals surface area contributed by atoms with Crippen molar-refractivity contribution in [2.75, 3.05) is 20.1 Å². The summed E-state index contributed by atoms with van der Waals surface area (Å²) in [4.78, 5) is 38.3. The van der Waals surface area contributed by atoms with Gasteiger partial charge in [-0.25, -0.2) is 4.79 Å². The summed E-state index contributed by atoms with van der Waals surface area (Å²) in [6.07, 6.45) is 0. The molecule has 7 heteroatoms. The maximum atomic E-state index is 11.8. The molecule has 0 aromatic carbocycles. The lowest BCUT2D eigenvalue weighted by Crippen LogP contribution is -2.51. The fourth-order valence-corrected chi connectivity index (χ4v) is 2.77. The lowest BCUT2D eigenvalue weighted by atomic mass is 10.2. The van der Waals surface area contributed by atoms with E-state index in [1.807, 2.05) is 6.92 Å². The van der Waals surface area contributed by atoms with Crippen LogP contribution in [0.5, 0.6) is 0 Å². The average molecular weight is 282 g/mol. The molecule has 0 saturated carbocycles. The van der Waals surface area contributed by atoms with E-state index < -0.39 is 5.97 Å². The van der Waals surface area contributed by atoms with Crippen molar-refractivity contribution in [3.63, 3.8) is 0 Å². The van der Waals surface area contributed by atoms with Gasteiger partial charge in [0.25, 0.3) is 0 Å². The Balaban J connectivity index is 2.15. The zero-order valence-corrected chi connectivity index (χ0v) is 11.5. The van der Waals surface area contributed by atoms with E-state index in [1.165, 1.54) is 21.1 Å². The zero-order chi connectivity index (χ0) is 14.2. The van der Waals surface area contributed by atoms with Crippen LogP contribution in [0.15, 0.2) is 6.07 Å². The Hall–Kier alpha value is -1.89. The highest BCUT2D eigenvalue weighted by Gasteiger charge is 2.28. The molecule has 1 saturated heterocycles. The maximum absolute atomic E-state index is 11.8. The number of aryl methyl sites for hydroxylation is 1. The van der Waals surface area contributed by atoms with Gasteiger partial charge in [0.05, 0.1) is 6.54 Å². The summed E-state index contributed by atoms with van der Waals surface area (Å²) >= 11 is 1.18. The van der Waals surface area contributed by atoms with Crippen LogP contribution in [0.4, 0.5) is 0 Å². The number of carbonyl (C=O) groups excluding carboxylic acids is 2. The first-order chi connectivity index (χ1) is 8.88. The Morgan fingerprint density at radius 1 is 1.37 bits per heavy atom. The van der Waals surface area contributed by atoms with Crippen molar-refractivity contribution in [3.05, 3.63) is 21.4 Å². The summed E-state index contributed by atoms with van der Waals surface area (Å²) in [5.74, 6) is -1.20. The number of piperazine rings is 1. The highest BCUT2D eigenvalue weighted by atomic mass is 32.1. The maximum Gasteiger partial charge on any atom is 0.345 e. The topological polar surface area (TPSA) is 77.9 Å². The van der Waals surface area contributed by atoms with E-state index in [0.29, 0.717) is 0 Å². The molecule has 6 nitrogen and oxygen atoms in total. The number of thiophene rings is 1. The number of amides is 2. The van der Waals surface area contributed by atoms with Gasteiger partial charge in [0.1, 0.15) is 11.4 Å². The number of hydrogen-bond donors (Lipinski definition) is 1. The second kappa shape index (κ2) is 5.00. The molecular weight excluding hydrogens is 268 g/mol. The molecule has 1 aliphatic heterocycles. The summed E-state index contributed by atoms with van der Waals surface area (Å²) in [6, 6.07) is 1.57. The van der Waals surface area contributed by atoms with Crippen molar-refractivity contribution in [1.82, 2.24) is 9.80 Å². The molecule has 19 heavy (non-hydrogen) atoms. The molecule has 102 valence electrons. The molecule has 1 aromatic rings. The van der Waals surface area contributed by atoms with Crippen LogP contribution in [-0.2, 0) is 16.1 Å².